The molecule has 0 spiro atoms. The standard InChI is InChI=1S/C30H41N3O4/c1-9-17-33(28(35)25(20(2)3)32-29(36)37-30(6,7)8)26(24-18-21(4)15-16-22(24)5)27(34)31-19-23-13-11-10-12-14-23/h9-16,18,20,25-26H,1,17,19H2,2-8H3,(H,31,34)(H,32,36). The number of rotatable bonds is 10. The number of nitrogens with one attached hydrogen (secondary N) is 2. The molecule has 7 heteroatoms. The average molecular weight is 508 g/mol. The van der Waals surface area contributed by atoms with Crippen molar-refractivity contribution in [3.05, 3.63) is 83.4 Å². The quantitative estimate of drug-likeness (QED) is 0.432. The van der Waals surface area contributed by atoms with E-state index in [4.69, 9.17) is 4.74 Å². The maximum Gasteiger partial charge on any atom is 0.408 e. The van der Waals surface area contributed by atoms with Crippen LogP contribution in [0.25, 0.3) is 0 Å². The van der Waals surface area contributed by atoms with E-state index in [0.717, 1.165) is 22.3 Å². The van der Waals surface area contributed by atoms with Gasteiger partial charge in [0.25, 0.3) is 0 Å². The van der Waals surface area contributed by atoms with Crippen molar-refractivity contribution in [1.82, 2.24) is 15.5 Å². The fraction of sp³-hybridized carbons (Fsp3) is 0.433. The van der Waals surface area contributed by atoms with E-state index in [0.29, 0.717) is 6.54 Å². The van der Waals surface area contributed by atoms with Gasteiger partial charge in [-0.2, -0.15) is 0 Å². The fourth-order valence-corrected chi connectivity index (χ4v) is 3.98. The summed E-state index contributed by atoms with van der Waals surface area (Å²) >= 11 is 0. The van der Waals surface area contributed by atoms with Crippen molar-refractivity contribution >= 4 is 17.9 Å². The second-order valence-electron chi connectivity index (χ2n) is 10.6. The Bertz CT molecular complexity index is 1090. The van der Waals surface area contributed by atoms with Crippen molar-refractivity contribution in [3.8, 4) is 0 Å². The molecule has 2 atom stereocenters. The average Bonchev–Trinajstić information content (AvgIpc) is 2.82. The topological polar surface area (TPSA) is 87.7 Å². The molecule has 0 aliphatic carbocycles. The number of benzene rings is 2. The molecule has 0 aliphatic rings. The first-order valence-electron chi connectivity index (χ1n) is 12.6. The SMILES string of the molecule is C=CCN(C(=O)C(NC(=O)OC(C)(C)C)C(C)C)C(C(=O)NCc1ccccc1)c1cc(C)ccc1C. The molecule has 0 aromatic heterocycles. The molecule has 2 aromatic rings. The van der Waals surface area contributed by atoms with E-state index in [1.54, 1.807) is 26.8 Å². The molecular formula is C30H41N3O4. The first-order valence-corrected chi connectivity index (χ1v) is 12.6. The van der Waals surface area contributed by atoms with Crippen molar-refractivity contribution in [2.24, 2.45) is 5.92 Å². The first kappa shape index (κ1) is 29.6. The summed E-state index contributed by atoms with van der Waals surface area (Å²) in [5, 5.41) is 5.72. The first-order chi connectivity index (χ1) is 17.3. The molecule has 0 bridgehead atoms. The molecule has 0 radical (unpaired) electrons. The van der Waals surface area contributed by atoms with E-state index >= 15 is 0 Å². The molecule has 2 rings (SSSR count). The lowest BCUT2D eigenvalue weighted by molar-refractivity contribution is -0.142. The van der Waals surface area contributed by atoms with Crippen LogP contribution in [0.1, 0.15) is 62.9 Å². The van der Waals surface area contributed by atoms with E-state index in [1.807, 2.05) is 76.2 Å². The molecule has 200 valence electrons. The van der Waals surface area contributed by atoms with Crippen molar-refractivity contribution < 1.29 is 19.1 Å². The van der Waals surface area contributed by atoms with Gasteiger partial charge in [0.2, 0.25) is 11.8 Å². The molecule has 37 heavy (non-hydrogen) atoms. The highest BCUT2D eigenvalue weighted by Crippen LogP contribution is 2.27. The summed E-state index contributed by atoms with van der Waals surface area (Å²) in [4.78, 5) is 41.8. The Balaban J connectivity index is 2.48. The Morgan fingerprint density at radius 1 is 1.05 bits per heavy atom. The molecule has 2 aromatic carbocycles. The molecule has 7 nitrogen and oxygen atoms in total. The Morgan fingerprint density at radius 3 is 2.27 bits per heavy atom. The normalized spacial score (nSPS) is 12.9. The van der Waals surface area contributed by atoms with Crippen molar-refractivity contribution in [1.29, 1.82) is 0 Å². The number of carbonyl (C=O) groups excluding carboxylic acids is 3. The number of hydrogen-bond acceptors (Lipinski definition) is 4. The van der Waals surface area contributed by atoms with Crippen LogP contribution in [0.4, 0.5) is 4.79 Å². The van der Waals surface area contributed by atoms with Gasteiger partial charge >= 0.3 is 6.09 Å². The van der Waals surface area contributed by atoms with Crippen LogP contribution >= 0.6 is 0 Å². The van der Waals surface area contributed by atoms with Gasteiger partial charge < -0.3 is 20.3 Å². The van der Waals surface area contributed by atoms with Crippen LogP contribution in [0, 0.1) is 19.8 Å². The van der Waals surface area contributed by atoms with E-state index in [2.05, 4.69) is 17.2 Å². The molecule has 2 N–H and O–H groups in total. The number of alkyl carbamates (subject to hydrolysis) is 1. The summed E-state index contributed by atoms with van der Waals surface area (Å²) in [6.07, 6.45) is 0.903. The van der Waals surface area contributed by atoms with Crippen molar-refractivity contribution in [2.75, 3.05) is 6.54 Å². The molecule has 0 aliphatic heterocycles. The summed E-state index contributed by atoms with van der Waals surface area (Å²) in [5.74, 6) is -0.951. The van der Waals surface area contributed by atoms with Crippen LogP contribution < -0.4 is 10.6 Å². The van der Waals surface area contributed by atoms with E-state index in [1.165, 1.54) is 4.90 Å². The minimum atomic E-state index is -0.921. The predicted octanol–water partition coefficient (Wildman–Crippen LogP) is 5.22. The second kappa shape index (κ2) is 13.1. The molecule has 0 saturated carbocycles. The van der Waals surface area contributed by atoms with E-state index < -0.39 is 23.8 Å². The highest BCUT2D eigenvalue weighted by Gasteiger charge is 2.37. The lowest BCUT2D eigenvalue weighted by Gasteiger charge is -2.35. The number of hydrogen-bond donors (Lipinski definition) is 2. The lowest BCUT2D eigenvalue weighted by atomic mass is 9.94. The van der Waals surface area contributed by atoms with Crippen LogP contribution in [-0.4, -0.2) is 41.0 Å². The molecule has 0 fully saturated rings. The Hall–Kier alpha value is -3.61. The third-order valence-corrected chi connectivity index (χ3v) is 5.81. The number of ether oxygens (including phenoxy) is 1. The molecule has 3 amide bonds. The number of amides is 3. The van der Waals surface area contributed by atoms with Crippen molar-refractivity contribution in [3.63, 3.8) is 0 Å². The van der Waals surface area contributed by atoms with Gasteiger partial charge in [-0.25, -0.2) is 4.79 Å². The van der Waals surface area contributed by atoms with Gasteiger partial charge in [-0.3, -0.25) is 9.59 Å². The maximum atomic E-state index is 14.0. The van der Waals surface area contributed by atoms with Crippen LogP contribution in [0.5, 0.6) is 0 Å². The van der Waals surface area contributed by atoms with Crippen LogP contribution in [0.3, 0.4) is 0 Å². The van der Waals surface area contributed by atoms with E-state index in [9.17, 15) is 14.4 Å². The third-order valence-electron chi connectivity index (χ3n) is 5.81. The minimum absolute atomic E-state index is 0.120. The highest BCUT2D eigenvalue weighted by atomic mass is 16.6. The van der Waals surface area contributed by atoms with E-state index in [-0.39, 0.29) is 24.3 Å². The zero-order chi connectivity index (χ0) is 27.8. The summed E-state index contributed by atoms with van der Waals surface area (Å²) in [6, 6.07) is 13.6. The van der Waals surface area contributed by atoms with Gasteiger partial charge in [-0.15, -0.1) is 6.58 Å². The van der Waals surface area contributed by atoms with Gasteiger partial charge in [0.15, 0.2) is 0 Å². The Morgan fingerprint density at radius 2 is 1.70 bits per heavy atom. The molecule has 2 unspecified atom stereocenters. The summed E-state index contributed by atoms with van der Waals surface area (Å²) in [5.41, 5.74) is 2.81. The van der Waals surface area contributed by atoms with Gasteiger partial charge in [0.05, 0.1) is 0 Å². The van der Waals surface area contributed by atoms with Gasteiger partial charge in [-0.05, 0) is 57.2 Å². The largest absolute Gasteiger partial charge is 0.444 e. The summed E-state index contributed by atoms with van der Waals surface area (Å²) in [6.45, 7) is 17.1. The zero-order valence-corrected chi connectivity index (χ0v) is 23.1. The van der Waals surface area contributed by atoms with Gasteiger partial charge in [-0.1, -0.05) is 74.0 Å². The monoisotopic (exact) mass is 507 g/mol. The fourth-order valence-electron chi connectivity index (χ4n) is 3.98. The molecular weight excluding hydrogens is 466 g/mol. The number of nitrogens with zero attached hydrogens (tertiary/aromatic N) is 1. The third kappa shape index (κ3) is 8.77. The Labute approximate surface area is 221 Å². The smallest absolute Gasteiger partial charge is 0.408 e. The zero-order valence-electron chi connectivity index (χ0n) is 23.1. The summed E-state index contributed by atoms with van der Waals surface area (Å²) in [7, 11) is 0. The predicted molar refractivity (Wildman–Crippen MR) is 147 cm³/mol. The molecule has 0 saturated heterocycles. The van der Waals surface area contributed by atoms with Gasteiger partial charge in [0.1, 0.15) is 17.7 Å². The van der Waals surface area contributed by atoms with Crippen LogP contribution in [-0.2, 0) is 20.9 Å². The number of aryl methyl sites for hydroxylation is 2. The minimum Gasteiger partial charge on any atom is -0.444 e. The number of carbonyl (C=O) groups is 3. The van der Waals surface area contributed by atoms with Gasteiger partial charge in [0, 0.05) is 13.1 Å². The molecule has 0 heterocycles. The summed E-state index contributed by atoms with van der Waals surface area (Å²) < 4.78 is 5.40. The van der Waals surface area contributed by atoms with Crippen molar-refractivity contribution in [2.45, 2.75) is 72.7 Å². The Kier molecular flexibility index (Phi) is 10.5. The highest BCUT2D eigenvalue weighted by molar-refractivity contribution is 5.92. The second-order valence-corrected chi connectivity index (χ2v) is 10.6. The van der Waals surface area contributed by atoms with Crippen LogP contribution in [0.15, 0.2) is 61.2 Å². The maximum absolute atomic E-state index is 14.0. The lowest BCUT2D eigenvalue weighted by Crippen LogP contribution is -2.55. The van der Waals surface area contributed by atoms with Crippen LogP contribution in [0.2, 0.25) is 0 Å².